The molecule has 8 heteroatoms. The molecule has 0 saturated heterocycles. The first kappa shape index (κ1) is 15.7. The number of furan rings is 1. The van der Waals surface area contributed by atoms with Crippen LogP contribution in [-0.2, 0) is 16.6 Å². The second-order valence-electron chi connectivity index (χ2n) is 4.65. The van der Waals surface area contributed by atoms with Crippen LogP contribution in [0.5, 0.6) is 0 Å². The van der Waals surface area contributed by atoms with Crippen molar-refractivity contribution in [3.8, 4) is 0 Å². The lowest BCUT2D eigenvalue weighted by molar-refractivity contribution is 0.459. The minimum absolute atomic E-state index is 0.150. The van der Waals surface area contributed by atoms with Gasteiger partial charge >= 0.3 is 0 Å². The van der Waals surface area contributed by atoms with Gasteiger partial charge in [0.25, 0.3) is 0 Å². The Morgan fingerprint density at radius 1 is 1.48 bits per heavy atom. The summed E-state index contributed by atoms with van der Waals surface area (Å²) in [6, 6.07) is 3.02. The summed E-state index contributed by atoms with van der Waals surface area (Å²) in [5.74, 6) is 0.568. The Hall–Kier alpha value is -1.64. The van der Waals surface area contributed by atoms with Crippen molar-refractivity contribution in [1.82, 2.24) is 19.8 Å². The van der Waals surface area contributed by atoms with Crippen LogP contribution in [-0.4, -0.2) is 31.3 Å². The largest absolute Gasteiger partial charge is 0.468 e. The molecule has 1 atom stereocenters. The van der Waals surface area contributed by atoms with Gasteiger partial charge in [0.15, 0.2) is 0 Å². The Kier molecular flexibility index (Phi) is 5.16. The maximum absolute atomic E-state index is 12.3. The van der Waals surface area contributed by atoms with Crippen LogP contribution in [0.25, 0.3) is 0 Å². The van der Waals surface area contributed by atoms with Gasteiger partial charge in [-0.25, -0.2) is 13.1 Å². The third kappa shape index (κ3) is 4.16. The molecule has 116 valence electrons. The van der Waals surface area contributed by atoms with Crippen molar-refractivity contribution in [2.45, 2.75) is 31.3 Å². The summed E-state index contributed by atoms with van der Waals surface area (Å²) in [4.78, 5) is 0.150. The van der Waals surface area contributed by atoms with Crippen molar-refractivity contribution in [3.63, 3.8) is 0 Å². The van der Waals surface area contributed by atoms with Crippen LogP contribution in [0.15, 0.2) is 40.1 Å². The molecule has 0 amide bonds. The average molecular weight is 312 g/mol. The van der Waals surface area contributed by atoms with Gasteiger partial charge in [0.2, 0.25) is 10.0 Å². The van der Waals surface area contributed by atoms with Crippen molar-refractivity contribution in [1.29, 1.82) is 0 Å². The van der Waals surface area contributed by atoms with E-state index in [0.717, 1.165) is 13.1 Å². The lowest BCUT2D eigenvalue weighted by Crippen LogP contribution is -2.26. The second-order valence-corrected chi connectivity index (χ2v) is 6.37. The number of sulfonamides is 1. The van der Waals surface area contributed by atoms with E-state index in [4.69, 9.17) is 4.42 Å². The van der Waals surface area contributed by atoms with E-state index in [1.165, 1.54) is 18.7 Å². The van der Waals surface area contributed by atoms with Crippen molar-refractivity contribution in [2.75, 3.05) is 13.1 Å². The summed E-state index contributed by atoms with van der Waals surface area (Å²) in [6.07, 6.45) is 4.39. The Morgan fingerprint density at radius 3 is 2.95 bits per heavy atom. The smallest absolute Gasteiger partial charge is 0.244 e. The number of hydrogen-bond acceptors (Lipinski definition) is 5. The van der Waals surface area contributed by atoms with E-state index in [9.17, 15) is 8.42 Å². The van der Waals surface area contributed by atoms with Gasteiger partial charge in [0.05, 0.1) is 25.0 Å². The van der Waals surface area contributed by atoms with Gasteiger partial charge in [0, 0.05) is 12.7 Å². The molecule has 2 heterocycles. The molecular weight excluding hydrogens is 292 g/mol. The van der Waals surface area contributed by atoms with Crippen LogP contribution in [0.2, 0.25) is 0 Å². The number of nitrogens with zero attached hydrogens (tertiary/aromatic N) is 2. The lowest BCUT2D eigenvalue weighted by atomic mass is 10.3. The third-order valence-corrected chi connectivity index (χ3v) is 4.48. The minimum Gasteiger partial charge on any atom is -0.468 e. The predicted octanol–water partition coefficient (Wildman–Crippen LogP) is 1.13. The summed E-state index contributed by atoms with van der Waals surface area (Å²) in [5.41, 5.74) is 0. The quantitative estimate of drug-likeness (QED) is 0.713. The highest BCUT2D eigenvalue weighted by Gasteiger charge is 2.21. The number of hydrogen-bond donors (Lipinski definition) is 2. The number of nitrogens with one attached hydrogen (secondary N) is 2. The number of rotatable bonds is 8. The van der Waals surface area contributed by atoms with Gasteiger partial charge in [-0.1, -0.05) is 6.92 Å². The van der Waals surface area contributed by atoms with Crippen LogP contribution in [0.1, 0.15) is 25.6 Å². The molecule has 0 aliphatic rings. The van der Waals surface area contributed by atoms with Crippen molar-refractivity contribution >= 4 is 10.0 Å². The molecule has 0 fully saturated rings. The molecule has 0 radical (unpaired) electrons. The monoisotopic (exact) mass is 312 g/mol. The zero-order chi connectivity index (χ0) is 15.3. The first-order valence-electron chi connectivity index (χ1n) is 6.82. The van der Waals surface area contributed by atoms with Crippen molar-refractivity contribution < 1.29 is 12.8 Å². The van der Waals surface area contributed by atoms with Gasteiger partial charge in [-0.2, -0.15) is 5.10 Å². The Labute approximate surface area is 124 Å². The molecule has 2 rings (SSSR count). The van der Waals surface area contributed by atoms with Crippen LogP contribution < -0.4 is 10.0 Å². The summed E-state index contributed by atoms with van der Waals surface area (Å²) < 4.78 is 33.9. The predicted molar refractivity (Wildman–Crippen MR) is 78.2 cm³/mol. The molecular formula is C13H20N4O3S. The fourth-order valence-corrected chi connectivity index (χ4v) is 3.04. The maximum Gasteiger partial charge on any atom is 0.244 e. The second kappa shape index (κ2) is 6.88. The molecule has 1 unspecified atom stereocenters. The van der Waals surface area contributed by atoms with Crippen molar-refractivity contribution in [3.05, 3.63) is 36.5 Å². The van der Waals surface area contributed by atoms with E-state index in [1.54, 1.807) is 23.7 Å². The molecule has 2 aromatic heterocycles. The molecule has 0 aromatic carbocycles. The highest BCUT2D eigenvalue weighted by molar-refractivity contribution is 7.89. The van der Waals surface area contributed by atoms with Crippen LogP contribution in [0, 0.1) is 0 Å². The van der Waals surface area contributed by atoms with Crippen molar-refractivity contribution in [2.24, 2.45) is 0 Å². The SMILES string of the molecule is CCNCCn1cc(S(=O)(=O)NC(C)c2ccco2)cn1. The molecule has 2 aromatic rings. The molecule has 0 spiro atoms. The van der Waals surface area contributed by atoms with Gasteiger partial charge < -0.3 is 9.73 Å². The Balaban J connectivity index is 2.02. The first-order valence-corrected chi connectivity index (χ1v) is 8.30. The van der Waals surface area contributed by atoms with Gasteiger partial charge in [-0.05, 0) is 25.6 Å². The van der Waals surface area contributed by atoms with Gasteiger partial charge in [-0.3, -0.25) is 4.68 Å². The normalized spacial score (nSPS) is 13.4. The van der Waals surface area contributed by atoms with Crippen LogP contribution in [0.4, 0.5) is 0 Å². The molecule has 21 heavy (non-hydrogen) atoms. The van der Waals surface area contributed by atoms with Crippen LogP contribution in [0.3, 0.4) is 0 Å². The molecule has 0 aliphatic carbocycles. The fraction of sp³-hybridized carbons (Fsp3) is 0.462. The number of aromatic nitrogens is 2. The molecule has 0 aliphatic heterocycles. The number of likely N-dealkylation sites (N-methyl/N-ethyl adjacent to an activating group) is 1. The standard InChI is InChI=1S/C13H20N4O3S/c1-3-14-6-7-17-10-12(9-15-17)21(18,19)16-11(2)13-5-4-8-20-13/h4-5,8-11,14,16H,3,6-7H2,1-2H3. The molecule has 2 N–H and O–H groups in total. The average Bonchev–Trinajstić information content (AvgIpc) is 3.10. The minimum atomic E-state index is -3.61. The van der Waals surface area contributed by atoms with E-state index in [0.29, 0.717) is 12.3 Å². The molecule has 7 nitrogen and oxygen atoms in total. The molecule has 0 bridgehead atoms. The van der Waals surface area contributed by atoms with E-state index in [2.05, 4.69) is 15.1 Å². The lowest BCUT2D eigenvalue weighted by Gasteiger charge is -2.10. The maximum atomic E-state index is 12.3. The third-order valence-electron chi connectivity index (χ3n) is 2.99. The van der Waals surface area contributed by atoms with E-state index in [1.807, 2.05) is 6.92 Å². The van der Waals surface area contributed by atoms with Gasteiger partial charge in [0.1, 0.15) is 10.7 Å². The summed E-state index contributed by atoms with van der Waals surface area (Å²) >= 11 is 0. The first-order chi connectivity index (χ1) is 10.0. The molecule has 0 saturated carbocycles. The van der Waals surface area contributed by atoms with Gasteiger partial charge in [-0.15, -0.1) is 0 Å². The highest BCUT2D eigenvalue weighted by Crippen LogP contribution is 2.16. The zero-order valence-electron chi connectivity index (χ0n) is 12.1. The summed E-state index contributed by atoms with van der Waals surface area (Å²) in [7, 11) is -3.61. The zero-order valence-corrected chi connectivity index (χ0v) is 12.9. The van der Waals surface area contributed by atoms with Crippen LogP contribution >= 0.6 is 0 Å². The van der Waals surface area contributed by atoms with E-state index >= 15 is 0 Å². The fourth-order valence-electron chi connectivity index (χ4n) is 1.87. The highest BCUT2D eigenvalue weighted by atomic mass is 32.2. The Morgan fingerprint density at radius 2 is 2.29 bits per heavy atom. The topological polar surface area (TPSA) is 89.2 Å². The Bertz CT molecular complexity index is 649. The van der Waals surface area contributed by atoms with E-state index in [-0.39, 0.29) is 4.90 Å². The summed E-state index contributed by atoms with van der Waals surface area (Å²) in [5, 5.41) is 7.22. The summed E-state index contributed by atoms with van der Waals surface area (Å²) in [6.45, 7) is 5.98. The van der Waals surface area contributed by atoms with E-state index < -0.39 is 16.1 Å².